The molecule has 7 heteroatoms. The summed E-state index contributed by atoms with van der Waals surface area (Å²) in [6, 6.07) is 15.1. The van der Waals surface area contributed by atoms with Crippen molar-refractivity contribution in [3.05, 3.63) is 81.7 Å². The van der Waals surface area contributed by atoms with Gasteiger partial charge in [-0.2, -0.15) is 0 Å². The molecule has 1 heterocycles. The van der Waals surface area contributed by atoms with E-state index in [-0.39, 0.29) is 12.4 Å². The first kappa shape index (κ1) is 21.5. The molecule has 0 fully saturated rings. The van der Waals surface area contributed by atoms with Crippen molar-refractivity contribution in [3.8, 4) is 11.5 Å². The Bertz CT molecular complexity index is 854. The number of nitrogens with one attached hydrogen (secondary N) is 1. The standard InChI is InChI=1S/C20H19Cl2NO3.ClH/c1-24-19-10-14(11-23-12-16-6-4-8-25-16)9-18(22)20(19)26-13-15-5-2-3-7-17(15)21;/h2-10,23H,11-13H2,1H3;1H. The fraction of sp³-hybridized carbons (Fsp3) is 0.200. The highest BCUT2D eigenvalue weighted by Gasteiger charge is 2.13. The van der Waals surface area contributed by atoms with Crippen LogP contribution in [-0.2, 0) is 19.7 Å². The van der Waals surface area contributed by atoms with Crippen molar-refractivity contribution in [1.29, 1.82) is 0 Å². The van der Waals surface area contributed by atoms with Crippen LogP contribution in [0.4, 0.5) is 0 Å². The van der Waals surface area contributed by atoms with Crippen molar-refractivity contribution < 1.29 is 13.9 Å². The normalized spacial score (nSPS) is 10.3. The van der Waals surface area contributed by atoms with E-state index in [9.17, 15) is 0 Å². The summed E-state index contributed by atoms with van der Waals surface area (Å²) in [5.41, 5.74) is 1.87. The first-order valence-electron chi connectivity index (χ1n) is 8.13. The highest BCUT2D eigenvalue weighted by atomic mass is 35.5. The Hall–Kier alpha value is -1.85. The number of hydrogen-bond donors (Lipinski definition) is 1. The molecule has 3 rings (SSSR count). The van der Waals surface area contributed by atoms with Gasteiger partial charge in [-0.3, -0.25) is 0 Å². The minimum atomic E-state index is 0. The summed E-state index contributed by atoms with van der Waals surface area (Å²) in [6.07, 6.45) is 1.65. The van der Waals surface area contributed by atoms with Crippen molar-refractivity contribution >= 4 is 35.6 Å². The minimum absolute atomic E-state index is 0. The van der Waals surface area contributed by atoms with E-state index in [4.69, 9.17) is 37.1 Å². The summed E-state index contributed by atoms with van der Waals surface area (Å²) in [5, 5.41) is 4.45. The van der Waals surface area contributed by atoms with E-state index in [2.05, 4.69) is 5.32 Å². The quantitative estimate of drug-likeness (QED) is 0.486. The van der Waals surface area contributed by atoms with E-state index < -0.39 is 0 Å². The van der Waals surface area contributed by atoms with Crippen LogP contribution in [0.2, 0.25) is 10.0 Å². The maximum absolute atomic E-state index is 6.41. The monoisotopic (exact) mass is 427 g/mol. The molecule has 2 aromatic carbocycles. The van der Waals surface area contributed by atoms with Crippen molar-refractivity contribution in [3.63, 3.8) is 0 Å². The number of hydrogen-bond acceptors (Lipinski definition) is 4. The van der Waals surface area contributed by atoms with Gasteiger partial charge in [0.25, 0.3) is 0 Å². The molecular weight excluding hydrogens is 409 g/mol. The zero-order valence-corrected chi connectivity index (χ0v) is 17.0. The molecule has 0 aliphatic heterocycles. The minimum Gasteiger partial charge on any atom is -0.493 e. The van der Waals surface area contributed by atoms with E-state index in [1.54, 1.807) is 13.4 Å². The number of benzene rings is 2. The summed E-state index contributed by atoms with van der Waals surface area (Å²) in [7, 11) is 1.59. The molecule has 0 bridgehead atoms. The summed E-state index contributed by atoms with van der Waals surface area (Å²) in [5.74, 6) is 1.96. The molecular formula is C20H20Cl3NO3. The number of rotatable bonds is 8. The lowest BCUT2D eigenvalue weighted by Gasteiger charge is -2.15. The van der Waals surface area contributed by atoms with Crippen LogP contribution in [0.3, 0.4) is 0 Å². The fourth-order valence-electron chi connectivity index (χ4n) is 2.52. The van der Waals surface area contributed by atoms with Crippen molar-refractivity contribution in [2.45, 2.75) is 19.7 Å². The molecule has 1 aromatic heterocycles. The van der Waals surface area contributed by atoms with E-state index in [1.165, 1.54) is 0 Å². The summed E-state index contributed by atoms with van der Waals surface area (Å²) < 4.78 is 16.6. The van der Waals surface area contributed by atoms with Gasteiger partial charge in [0.15, 0.2) is 11.5 Å². The zero-order chi connectivity index (χ0) is 18.4. The molecule has 1 N–H and O–H groups in total. The predicted octanol–water partition coefficient (Wildman–Crippen LogP) is 5.89. The van der Waals surface area contributed by atoms with Gasteiger partial charge in [0.2, 0.25) is 0 Å². The smallest absolute Gasteiger partial charge is 0.180 e. The maximum Gasteiger partial charge on any atom is 0.180 e. The van der Waals surface area contributed by atoms with Gasteiger partial charge in [-0.25, -0.2) is 0 Å². The summed E-state index contributed by atoms with van der Waals surface area (Å²) >= 11 is 12.6. The molecule has 0 atom stereocenters. The zero-order valence-electron chi connectivity index (χ0n) is 14.7. The average Bonchev–Trinajstić information content (AvgIpc) is 3.15. The van der Waals surface area contributed by atoms with Gasteiger partial charge in [-0.15, -0.1) is 12.4 Å². The van der Waals surface area contributed by atoms with Crippen LogP contribution in [0.5, 0.6) is 11.5 Å². The summed E-state index contributed by atoms with van der Waals surface area (Å²) in [6.45, 7) is 1.57. The first-order chi connectivity index (χ1) is 12.7. The maximum atomic E-state index is 6.41. The Morgan fingerprint density at radius 3 is 2.52 bits per heavy atom. The lowest BCUT2D eigenvalue weighted by Crippen LogP contribution is -2.12. The number of furan rings is 1. The lowest BCUT2D eigenvalue weighted by molar-refractivity contribution is 0.284. The molecule has 3 aromatic rings. The van der Waals surface area contributed by atoms with Crippen molar-refractivity contribution in [2.75, 3.05) is 7.11 Å². The van der Waals surface area contributed by atoms with Gasteiger partial charge < -0.3 is 19.2 Å². The third-order valence-electron chi connectivity index (χ3n) is 3.83. The molecule has 144 valence electrons. The second kappa shape index (κ2) is 10.5. The van der Waals surface area contributed by atoms with E-state index in [0.717, 1.165) is 16.9 Å². The Labute approximate surface area is 174 Å². The summed E-state index contributed by atoms with van der Waals surface area (Å²) in [4.78, 5) is 0. The Morgan fingerprint density at radius 1 is 1.00 bits per heavy atom. The van der Waals surface area contributed by atoms with Crippen molar-refractivity contribution in [1.82, 2.24) is 5.32 Å². The van der Waals surface area contributed by atoms with Crippen LogP contribution in [0.15, 0.2) is 59.2 Å². The number of methoxy groups -OCH3 is 1. The van der Waals surface area contributed by atoms with Crippen LogP contribution >= 0.6 is 35.6 Å². The second-order valence-corrected chi connectivity index (χ2v) is 6.49. The molecule has 0 aliphatic carbocycles. The largest absolute Gasteiger partial charge is 0.493 e. The topological polar surface area (TPSA) is 43.6 Å². The Morgan fingerprint density at radius 2 is 1.81 bits per heavy atom. The van der Waals surface area contributed by atoms with Gasteiger partial charge >= 0.3 is 0 Å². The molecule has 27 heavy (non-hydrogen) atoms. The molecule has 0 spiro atoms. The van der Waals surface area contributed by atoms with E-state index >= 15 is 0 Å². The van der Waals surface area contributed by atoms with E-state index in [1.807, 2.05) is 48.5 Å². The van der Waals surface area contributed by atoms with Gasteiger partial charge in [0.1, 0.15) is 12.4 Å². The van der Waals surface area contributed by atoms with Crippen molar-refractivity contribution in [2.24, 2.45) is 0 Å². The van der Waals surface area contributed by atoms with Crippen LogP contribution in [0.1, 0.15) is 16.9 Å². The number of halogens is 3. The average molecular weight is 429 g/mol. The third kappa shape index (κ3) is 5.81. The molecule has 0 aliphatic rings. The van der Waals surface area contributed by atoms with Gasteiger partial charge in [-0.05, 0) is 35.9 Å². The van der Waals surface area contributed by atoms with Crippen LogP contribution in [-0.4, -0.2) is 7.11 Å². The molecule has 0 saturated heterocycles. The Balaban J connectivity index is 0.00000261. The highest BCUT2D eigenvalue weighted by molar-refractivity contribution is 6.32. The highest BCUT2D eigenvalue weighted by Crippen LogP contribution is 2.37. The number of ether oxygens (including phenoxy) is 2. The van der Waals surface area contributed by atoms with Crippen LogP contribution in [0.25, 0.3) is 0 Å². The second-order valence-electron chi connectivity index (χ2n) is 5.67. The lowest BCUT2D eigenvalue weighted by atomic mass is 10.2. The molecule has 0 amide bonds. The van der Waals surface area contributed by atoms with Crippen LogP contribution < -0.4 is 14.8 Å². The van der Waals surface area contributed by atoms with Gasteiger partial charge in [0, 0.05) is 17.1 Å². The fourth-order valence-corrected chi connectivity index (χ4v) is 3.00. The predicted molar refractivity (Wildman–Crippen MR) is 110 cm³/mol. The molecule has 0 unspecified atom stereocenters. The third-order valence-corrected chi connectivity index (χ3v) is 4.48. The van der Waals surface area contributed by atoms with E-state index in [0.29, 0.717) is 41.2 Å². The first-order valence-corrected chi connectivity index (χ1v) is 8.88. The van der Waals surface area contributed by atoms with Crippen LogP contribution in [0, 0.1) is 0 Å². The molecule has 0 saturated carbocycles. The SMILES string of the molecule is COc1cc(CNCc2ccco2)cc(Cl)c1OCc1ccccc1Cl.Cl. The molecule has 4 nitrogen and oxygen atoms in total. The van der Waals surface area contributed by atoms with Gasteiger partial charge in [0.05, 0.1) is 24.9 Å². The van der Waals surface area contributed by atoms with Gasteiger partial charge in [-0.1, -0.05) is 41.4 Å². The Kier molecular flexibility index (Phi) is 8.32. The molecule has 0 radical (unpaired) electrons.